The molecule has 0 aromatic carbocycles. The summed E-state index contributed by atoms with van der Waals surface area (Å²) in [5, 5.41) is 9.67. The molecule has 76 valence electrons. The van der Waals surface area contributed by atoms with Crippen LogP contribution in [0.3, 0.4) is 0 Å². The van der Waals surface area contributed by atoms with Gasteiger partial charge >= 0.3 is 0 Å². The van der Waals surface area contributed by atoms with Crippen molar-refractivity contribution in [3.05, 3.63) is 0 Å². The van der Waals surface area contributed by atoms with E-state index >= 15 is 0 Å². The molecule has 0 aliphatic heterocycles. The molecule has 0 amide bonds. The highest BCUT2D eigenvalue weighted by Gasteiger charge is 2.34. The first-order valence-corrected chi connectivity index (χ1v) is 5.08. The Balaban J connectivity index is 2.55. The Labute approximate surface area is 80.3 Å². The van der Waals surface area contributed by atoms with Gasteiger partial charge in [-0.15, -0.1) is 0 Å². The number of hydrogen-bond donors (Lipinski definition) is 1. The summed E-state index contributed by atoms with van der Waals surface area (Å²) in [4.78, 5) is 10.6. The zero-order valence-corrected chi connectivity index (χ0v) is 8.79. The van der Waals surface area contributed by atoms with Gasteiger partial charge in [0.1, 0.15) is 6.29 Å². The van der Waals surface area contributed by atoms with E-state index < -0.39 is 6.10 Å². The van der Waals surface area contributed by atoms with Gasteiger partial charge in [0.25, 0.3) is 0 Å². The third kappa shape index (κ3) is 2.53. The molecule has 1 saturated carbocycles. The Hall–Kier alpha value is -0.370. The molecule has 1 N–H and O–H groups in total. The lowest BCUT2D eigenvalue weighted by Gasteiger charge is -2.38. The summed E-state index contributed by atoms with van der Waals surface area (Å²) in [6.45, 7) is 6.60. The van der Waals surface area contributed by atoms with Crippen LogP contribution in [0, 0.1) is 17.3 Å². The highest BCUT2D eigenvalue weighted by molar-refractivity contribution is 5.54. The van der Waals surface area contributed by atoms with Gasteiger partial charge in [0.15, 0.2) is 0 Å². The molecule has 0 radical (unpaired) electrons. The van der Waals surface area contributed by atoms with Gasteiger partial charge in [-0.2, -0.15) is 0 Å². The van der Waals surface area contributed by atoms with Gasteiger partial charge < -0.3 is 9.90 Å². The standard InChI is InChI=1S/C11H20O2/c1-11(2,3)9-5-4-8(7-12)10(13)6-9/h7-10,13H,4-6H2,1-3H3. The molecule has 13 heavy (non-hydrogen) atoms. The molecule has 0 aromatic heterocycles. The van der Waals surface area contributed by atoms with Gasteiger partial charge in [0.2, 0.25) is 0 Å². The summed E-state index contributed by atoms with van der Waals surface area (Å²) in [6.07, 6.45) is 3.21. The van der Waals surface area contributed by atoms with Gasteiger partial charge in [-0.1, -0.05) is 20.8 Å². The molecule has 1 fully saturated rings. The Morgan fingerprint density at radius 3 is 2.31 bits per heavy atom. The maximum absolute atomic E-state index is 10.6. The molecule has 3 atom stereocenters. The van der Waals surface area contributed by atoms with E-state index in [4.69, 9.17) is 0 Å². The Morgan fingerprint density at radius 1 is 1.31 bits per heavy atom. The second-order valence-corrected chi connectivity index (χ2v) is 5.24. The minimum atomic E-state index is -0.407. The van der Waals surface area contributed by atoms with Crippen molar-refractivity contribution < 1.29 is 9.90 Å². The first-order chi connectivity index (χ1) is 5.95. The number of carbonyl (C=O) groups excluding carboxylic acids is 1. The van der Waals surface area contributed by atoms with E-state index in [0.29, 0.717) is 5.92 Å². The maximum atomic E-state index is 10.6. The summed E-state index contributed by atoms with van der Waals surface area (Å²) in [7, 11) is 0. The third-order valence-corrected chi connectivity index (χ3v) is 3.27. The average molecular weight is 184 g/mol. The number of carbonyl (C=O) groups is 1. The Bertz CT molecular complexity index is 181. The van der Waals surface area contributed by atoms with E-state index in [-0.39, 0.29) is 11.3 Å². The van der Waals surface area contributed by atoms with Gasteiger partial charge in [-0.25, -0.2) is 0 Å². The number of aliphatic hydroxyl groups excluding tert-OH is 1. The fourth-order valence-corrected chi connectivity index (χ4v) is 2.12. The summed E-state index contributed by atoms with van der Waals surface area (Å²) < 4.78 is 0. The summed E-state index contributed by atoms with van der Waals surface area (Å²) >= 11 is 0. The normalized spacial score (nSPS) is 35.8. The molecule has 0 saturated heterocycles. The maximum Gasteiger partial charge on any atom is 0.125 e. The molecule has 3 unspecified atom stereocenters. The molecule has 1 aliphatic rings. The first kappa shape index (κ1) is 10.7. The van der Waals surface area contributed by atoms with Crippen LogP contribution in [0.25, 0.3) is 0 Å². The van der Waals surface area contributed by atoms with Crippen LogP contribution in [0.1, 0.15) is 40.0 Å². The molecule has 2 heteroatoms. The van der Waals surface area contributed by atoms with E-state index in [1.807, 2.05) is 0 Å². The van der Waals surface area contributed by atoms with Crippen molar-refractivity contribution in [2.75, 3.05) is 0 Å². The van der Waals surface area contributed by atoms with E-state index in [2.05, 4.69) is 20.8 Å². The van der Waals surface area contributed by atoms with Gasteiger partial charge in [0.05, 0.1) is 6.10 Å². The molecule has 1 aliphatic carbocycles. The van der Waals surface area contributed by atoms with E-state index in [1.54, 1.807) is 0 Å². The number of aliphatic hydroxyl groups is 1. The van der Waals surface area contributed by atoms with Crippen molar-refractivity contribution >= 4 is 6.29 Å². The zero-order valence-electron chi connectivity index (χ0n) is 8.79. The van der Waals surface area contributed by atoms with Crippen molar-refractivity contribution in [2.45, 2.75) is 46.1 Å². The van der Waals surface area contributed by atoms with Crippen LogP contribution >= 0.6 is 0 Å². The van der Waals surface area contributed by atoms with Crippen molar-refractivity contribution in [1.82, 2.24) is 0 Å². The average Bonchev–Trinajstić information content (AvgIpc) is 2.02. The van der Waals surface area contributed by atoms with Gasteiger partial charge in [-0.05, 0) is 30.6 Å². The third-order valence-electron chi connectivity index (χ3n) is 3.27. The summed E-state index contributed by atoms with van der Waals surface area (Å²) in [6, 6.07) is 0. The molecule has 0 bridgehead atoms. The van der Waals surface area contributed by atoms with Crippen LogP contribution in [0.4, 0.5) is 0 Å². The molecule has 0 aromatic rings. The highest BCUT2D eigenvalue weighted by atomic mass is 16.3. The minimum Gasteiger partial charge on any atom is -0.392 e. The minimum absolute atomic E-state index is 0.112. The predicted octanol–water partition coefficient (Wildman–Crippen LogP) is 2.01. The molecule has 0 spiro atoms. The van der Waals surface area contributed by atoms with Crippen LogP contribution in [-0.4, -0.2) is 17.5 Å². The first-order valence-electron chi connectivity index (χ1n) is 5.08. The monoisotopic (exact) mass is 184 g/mol. The van der Waals surface area contributed by atoms with Crippen LogP contribution in [0.2, 0.25) is 0 Å². The van der Waals surface area contributed by atoms with E-state index in [9.17, 15) is 9.90 Å². The lowest BCUT2D eigenvalue weighted by atomic mass is 9.69. The molecule has 2 nitrogen and oxygen atoms in total. The molecular formula is C11H20O2. The smallest absolute Gasteiger partial charge is 0.125 e. The van der Waals surface area contributed by atoms with Crippen molar-refractivity contribution in [2.24, 2.45) is 17.3 Å². The fourth-order valence-electron chi connectivity index (χ4n) is 2.12. The lowest BCUT2D eigenvalue weighted by molar-refractivity contribution is -0.117. The second-order valence-electron chi connectivity index (χ2n) is 5.24. The zero-order chi connectivity index (χ0) is 10.1. The fraction of sp³-hybridized carbons (Fsp3) is 0.909. The van der Waals surface area contributed by atoms with Crippen molar-refractivity contribution in [1.29, 1.82) is 0 Å². The van der Waals surface area contributed by atoms with Crippen molar-refractivity contribution in [3.8, 4) is 0 Å². The lowest BCUT2D eigenvalue weighted by Crippen LogP contribution is -2.35. The van der Waals surface area contributed by atoms with Crippen LogP contribution in [-0.2, 0) is 4.79 Å². The molecule has 0 heterocycles. The van der Waals surface area contributed by atoms with Crippen LogP contribution < -0.4 is 0 Å². The molecular weight excluding hydrogens is 164 g/mol. The van der Waals surface area contributed by atoms with Crippen molar-refractivity contribution in [3.63, 3.8) is 0 Å². The molecule has 1 rings (SSSR count). The SMILES string of the molecule is CC(C)(C)C1CCC(C=O)C(O)C1. The van der Waals surface area contributed by atoms with Crippen LogP contribution in [0.15, 0.2) is 0 Å². The summed E-state index contributed by atoms with van der Waals surface area (Å²) in [5.74, 6) is 0.442. The van der Waals surface area contributed by atoms with Crippen LogP contribution in [0.5, 0.6) is 0 Å². The number of hydrogen-bond acceptors (Lipinski definition) is 2. The largest absolute Gasteiger partial charge is 0.392 e. The van der Waals surface area contributed by atoms with Gasteiger partial charge in [0, 0.05) is 5.92 Å². The second kappa shape index (κ2) is 3.79. The highest BCUT2D eigenvalue weighted by Crippen LogP contribution is 2.39. The van der Waals surface area contributed by atoms with Gasteiger partial charge in [-0.3, -0.25) is 0 Å². The van der Waals surface area contributed by atoms with E-state index in [1.165, 1.54) is 0 Å². The number of aldehydes is 1. The predicted molar refractivity (Wildman–Crippen MR) is 52.4 cm³/mol. The Kier molecular flexibility index (Phi) is 3.12. The summed E-state index contributed by atoms with van der Waals surface area (Å²) in [5.41, 5.74) is 0.259. The Morgan fingerprint density at radius 2 is 1.92 bits per heavy atom. The number of rotatable bonds is 1. The van der Waals surface area contributed by atoms with E-state index in [0.717, 1.165) is 25.5 Å². The topological polar surface area (TPSA) is 37.3 Å². The quantitative estimate of drug-likeness (QED) is 0.633.